The van der Waals surface area contributed by atoms with E-state index < -0.39 is 0 Å². The number of hydrogen-bond donors (Lipinski definition) is 1. The average Bonchev–Trinajstić information content (AvgIpc) is 3.13. The van der Waals surface area contributed by atoms with E-state index in [0.717, 1.165) is 22.7 Å². The van der Waals surface area contributed by atoms with Gasteiger partial charge in [0.2, 0.25) is 0 Å². The van der Waals surface area contributed by atoms with E-state index in [-0.39, 0.29) is 0 Å². The first-order valence-electron chi connectivity index (χ1n) is 8.06. The van der Waals surface area contributed by atoms with E-state index in [1.807, 2.05) is 54.9 Å². The Kier molecular flexibility index (Phi) is 7.31. The zero-order valence-electron chi connectivity index (χ0n) is 14.2. The van der Waals surface area contributed by atoms with Gasteiger partial charge in [-0.25, -0.2) is 4.98 Å². The molecule has 0 saturated heterocycles. The van der Waals surface area contributed by atoms with Crippen molar-refractivity contribution >= 4 is 23.2 Å². The molecule has 6 heteroatoms. The van der Waals surface area contributed by atoms with Crippen molar-refractivity contribution in [2.24, 2.45) is 5.73 Å². The largest absolute Gasteiger partial charge is 0.489 e. The fourth-order valence-corrected chi connectivity index (χ4v) is 2.66. The van der Waals surface area contributed by atoms with Crippen molar-refractivity contribution < 1.29 is 4.74 Å². The molecule has 0 atom stereocenters. The second kappa shape index (κ2) is 9.47. The molecule has 3 rings (SSSR count). The number of nitrogens with zero attached hydrogens (tertiary/aromatic N) is 2. The number of hydrogen-bond acceptors (Lipinski definition) is 3. The maximum Gasteiger partial charge on any atom is 0.119 e. The molecule has 0 aliphatic rings. The van der Waals surface area contributed by atoms with E-state index in [1.54, 1.807) is 18.5 Å². The van der Waals surface area contributed by atoms with Gasteiger partial charge in [-0.05, 0) is 36.4 Å². The fraction of sp³-hybridized carbons (Fsp3) is 0.211. The molecule has 0 fully saturated rings. The SMILES string of the molecule is CC.NCc1cn(-c2ccc(OCc3c(Cl)cccc3Cl)cc2)cn1. The first-order valence-corrected chi connectivity index (χ1v) is 8.82. The standard InChI is InChI=1S/C17H15Cl2N3O.C2H6/c18-16-2-1-3-17(19)15(16)10-23-14-6-4-13(5-7-14)22-9-12(8-20)21-11-22;1-2/h1-7,9,11H,8,10,20H2;1-2H3. The molecule has 0 unspecified atom stereocenters. The Morgan fingerprint density at radius 1 is 1.04 bits per heavy atom. The van der Waals surface area contributed by atoms with E-state index in [9.17, 15) is 0 Å². The van der Waals surface area contributed by atoms with Crippen molar-refractivity contribution in [2.75, 3.05) is 0 Å². The van der Waals surface area contributed by atoms with Gasteiger partial charge in [-0.1, -0.05) is 43.1 Å². The third kappa shape index (κ3) is 4.98. The van der Waals surface area contributed by atoms with Gasteiger partial charge in [0.15, 0.2) is 0 Å². The molecule has 0 aliphatic carbocycles. The molecule has 25 heavy (non-hydrogen) atoms. The van der Waals surface area contributed by atoms with Crippen molar-refractivity contribution in [2.45, 2.75) is 27.0 Å². The minimum Gasteiger partial charge on any atom is -0.489 e. The Bertz CT molecular complexity index is 780. The van der Waals surface area contributed by atoms with E-state index in [4.69, 9.17) is 33.7 Å². The van der Waals surface area contributed by atoms with Crippen LogP contribution in [0.2, 0.25) is 10.0 Å². The molecule has 2 aromatic carbocycles. The van der Waals surface area contributed by atoms with E-state index in [2.05, 4.69) is 4.98 Å². The summed E-state index contributed by atoms with van der Waals surface area (Å²) >= 11 is 12.3. The van der Waals surface area contributed by atoms with Crippen LogP contribution >= 0.6 is 23.2 Å². The molecule has 0 bridgehead atoms. The zero-order chi connectivity index (χ0) is 18.2. The Labute approximate surface area is 158 Å². The summed E-state index contributed by atoms with van der Waals surface area (Å²) in [6, 6.07) is 13.1. The molecule has 0 aliphatic heterocycles. The number of aromatic nitrogens is 2. The predicted molar refractivity (Wildman–Crippen MR) is 104 cm³/mol. The molecule has 0 spiro atoms. The number of imidazole rings is 1. The quantitative estimate of drug-likeness (QED) is 0.660. The van der Waals surface area contributed by atoms with Crippen LogP contribution in [0, 0.1) is 0 Å². The Morgan fingerprint density at radius 2 is 1.68 bits per heavy atom. The number of nitrogens with two attached hydrogens (primary N) is 1. The number of rotatable bonds is 5. The number of halogens is 2. The third-order valence-corrected chi connectivity index (χ3v) is 4.13. The normalized spacial score (nSPS) is 10.1. The van der Waals surface area contributed by atoms with Crippen LogP contribution in [0.3, 0.4) is 0 Å². The lowest BCUT2D eigenvalue weighted by Crippen LogP contribution is -1.98. The highest BCUT2D eigenvalue weighted by Crippen LogP contribution is 2.26. The van der Waals surface area contributed by atoms with Crippen molar-refractivity contribution in [3.63, 3.8) is 0 Å². The lowest BCUT2D eigenvalue weighted by molar-refractivity contribution is 0.306. The molecule has 1 heterocycles. The van der Waals surface area contributed by atoms with Crippen LogP contribution < -0.4 is 10.5 Å². The van der Waals surface area contributed by atoms with Crippen molar-refractivity contribution in [1.82, 2.24) is 9.55 Å². The molecule has 0 saturated carbocycles. The van der Waals surface area contributed by atoms with Gasteiger partial charge in [0, 0.05) is 34.0 Å². The van der Waals surface area contributed by atoms with E-state index in [0.29, 0.717) is 23.2 Å². The first-order chi connectivity index (χ1) is 12.2. The van der Waals surface area contributed by atoms with Crippen LogP contribution in [-0.4, -0.2) is 9.55 Å². The van der Waals surface area contributed by atoms with Gasteiger partial charge in [-0.2, -0.15) is 0 Å². The van der Waals surface area contributed by atoms with Crippen molar-refractivity contribution in [3.05, 3.63) is 76.3 Å². The summed E-state index contributed by atoms with van der Waals surface area (Å²) in [5.41, 5.74) is 8.18. The summed E-state index contributed by atoms with van der Waals surface area (Å²) in [5, 5.41) is 1.20. The van der Waals surface area contributed by atoms with Crippen molar-refractivity contribution in [3.8, 4) is 11.4 Å². The monoisotopic (exact) mass is 377 g/mol. The molecule has 0 radical (unpaired) electrons. The molecule has 132 valence electrons. The van der Waals surface area contributed by atoms with Crippen LogP contribution in [0.25, 0.3) is 5.69 Å². The summed E-state index contributed by atoms with van der Waals surface area (Å²) in [6.07, 6.45) is 3.64. The first kappa shape index (κ1) is 19.3. The minimum atomic E-state index is 0.320. The second-order valence-corrected chi connectivity index (χ2v) is 5.77. The van der Waals surface area contributed by atoms with E-state index >= 15 is 0 Å². The van der Waals surface area contributed by atoms with Gasteiger partial charge < -0.3 is 15.0 Å². The average molecular weight is 378 g/mol. The van der Waals surface area contributed by atoms with Gasteiger partial charge in [0.05, 0.1) is 12.0 Å². The minimum absolute atomic E-state index is 0.320. The topological polar surface area (TPSA) is 53.1 Å². The summed E-state index contributed by atoms with van der Waals surface area (Å²) < 4.78 is 7.67. The number of ether oxygens (including phenoxy) is 1. The maximum atomic E-state index is 6.13. The molecule has 4 nitrogen and oxygen atoms in total. The highest BCUT2D eigenvalue weighted by molar-refractivity contribution is 6.35. The smallest absolute Gasteiger partial charge is 0.119 e. The lowest BCUT2D eigenvalue weighted by Gasteiger charge is -2.10. The summed E-state index contributed by atoms with van der Waals surface area (Å²) in [5.74, 6) is 0.740. The zero-order valence-corrected chi connectivity index (χ0v) is 15.8. The molecule has 0 amide bonds. The van der Waals surface area contributed by atoms with Crippen LogP contribution in [0.15, 0.2) is 55.0 Å². The fourth-order valence-electron chi connectivity index (χ4n) is 2.15. The second-order valence-electron chi connectivity index (χ2n) is 4.96. The Morgan fingerprint density at radius 3 is 2.24 bits per heavy atom. The van der Waals surface area contributed by atoms with Gasteiger partial charge in [0.1, 0.15) is 12.4 Å². The molecular formula is C19H21Cl2N3O. The van der Waals surface area contributed by atoms with Gasteiger partial charge >= 0.3 is 0 Å². The van der Waals surface area contributed by atoms with Crippen molar-refractivity contribution in [1.29, 1.82) is 0 Å². The summed E-state index contributed by atoms with van der Waals surface area (Å²) in [7, 11) is 0. The maximum absolute atomic E-state index is 6.13. The predicted octanol–water partition coefficient (Wildman–Crippen LogP) is 5.24. The van der Waals surface area contributed by atoms with Crippen LogP contribution in [0.4, 0.5) is 0 Å². The summed E-state index contributed by atoms with van der Waals surface area (Å²) in [4.78, 5) is 4.21. The summed E-state index contributed by atoms with van der Waals surface area (Å²) in [6.45, 7) is 4.74. The molecule has 3 aromatic rings. The Hall–Kier alpha value is -2.01. The molecular weight excluding hydrogens is 357 g/mol. The lowest BCUT2D eigenvalue weighted by atomic mass is 10.2. The van der Waals surface area contributed by atoms with E-state index in [1.165, 1.54) is 0 Å². The highest BCUT2D eigenvalue weighted by Gasteiger charge is 2.06. The van der Waals surface area contributed by atoms with Gasteiger partial charge in [-0.15, -0.1) is 0 Å². The highest BCUT2D eigenvalue weighted by atomic mass is 35.5. The van der Waals surface area contributed by atoms with Crippen LogP contribution in [0.1, 0.15) is 25.1 Å². The molecule has 2 N–H and O–H groups in total. The van der Waals surface area contributed by atoms with Gasteiger partial charge in [-0.3, -0.25) is 0 Å². The Balaban J connectivity index is 0.00000109. The number of benzene rings is 2. The van der Waals surface area contributed by atoms with Crippen LogP contribution in [-0.2, 0) is 13.2 Å². The molecule has 1 aromatic heterocycles. The third-order valence-electron chi connectivity index (χ3n) is 3.42. The van der Waals surface area contributed by atoms with Gasteiger partial charge in [0.25, 0.3) is 0 Å². The van der Waals surface area contributed by atoms with Crippen LogP contribution in [0.5, 0.6) is 5.75 Å².